The zero-order valence-corrected chi connectivity index (χ0v) is 16.5. The average Bonchev–Trinajstić information content (AvgIpc) is 3.38. The van der Waals surface area contributed by atoms with Crippen molar-refractivity contribution in [2.75, 3.05) is 25.4 Å². The second-order valence-electron chi connectivity index (χ2n) is 6.06. The molecule has 1 saturated heterocycles. The molecule has 1 aliphatic rings. The first-order chi connectivity index (χ1) is 12.7. The largest absolute Gasteiger partial charge is 0.476 e. The highest BCUT2D eigenvalue weighted by atomic mass is 32.2. The summed E-state index contributed by atoms with van der Waals surface area (Å²) in [7, 11) is 0. The van der Waals surface area contributed by atoms with Crippen LogP contribution in [0.15, 0.2) is 11.4 Å². The van der Waals surface area contributed by atoms with Gasteiger partial charge in [0, 0.05) is 32.4 Å². The topological polar surface area (TPSA) is 78.1 Å². The standard InChI is InChI=1S/C17H26N6O2S/c1-4-22-11-13(16(20-22)25-6-3)15-18-19-17(23(15)5-2)26-12-14(24)21-9-7-8-10-21/h11H,4-10,12H2,1-3H3. The molecule has 0 atom stereocenters. The predicted molar refractivity (Wildman–Crippen MR) is 100 cm³/mol. The van der Waals surface area contributed by atoms with Crippen LogP contribution in [0.2, 0.25) is 0 Å². The molecule has 8 nitrogen and oxygen atoms in total. The van der Waals surface area contributed by atoms with E-state index in [2.05, 4.69) is 15.3 Å². The molecule has 0 N–H and O–H groups in total. The first kappa shape index (κ1) is 18.8. The number of aryl methyl sites for hydroxylation is 1. The fraction of sp³-hybridized carbons (Fsp3) is 0.647. The Morgan fingerprint density at radius 1 is 1.19 bits per heavy atom. The monoisotopic (exact) mass is 378 g/mol. The normalized spacial score (nSPS) is 14.2. The number of hydrogen-bond donors (Lipinski definition) is 0. The number of nitrogens with zero attached hydrogens (tertiary/aromatic N) is 6. The lowest BCUT2D eigenvalue weighted by Crippen LogP contribution is -2.29. The summed E-state index contributed by atoms with van der Waals surface area (Å²) in [5.41, 5.74) is 0.834. The minimum Gasteiger partial charge on any atom is -0.476 e. The second-order valence-corrected chi connectivity index (χ2v) is 7.01. The van der Waals surface area contributed by atoms with E-state index in [1.165, 1.54) is 11.8 Å². The van der Waals surface area contributed by atoms with Crippen molar-refractivity contribution in [3.63, 3.8) is 0 Å². The molecule has 3 rings (SSSR count). The van der Waals surface area contributed by atoms with E-state index in [1.54, 1.807) is 0 Å². The second kappa shape index (κ2) is 8.57. The van der Waals surface area contributed by atoms with Gasteiger partial charge in [0.2, 0.25) is 11.8 Å². The molecule has 1 fully saturated rings. The maximum absolute atomic E-state index is 12.3. The molecule has 2 aromatic heterocycles. The third-order valence-electron chi connectivity index (χ3n) is 4.39. The molecule has 2 aromatic rings. The average molecular weight is 379 g/mol. The smallest absolute Gasteiger partial charge is 0.243 e. The summed E-state index contributed by atoms with van der Waals surface area (Å²) in [4.78, 5) is 14.2. The van der Waals surface area contributed by atoms with Crippen molar-refractivity contribution in [2.24, 2.45) is 0 Å². The third-order valence-corrected chi connectivity index (χ3v) is 5.34. The SMILES string of the molecule is CCOc1nn(CC)cc1-c1nnc(SCC(=O)N2CCCC2)n1CC. The molecule has 0 radical (unpaired) electrons. The molecule has 1 aliphatic heterocycles. The molecule has 3 heterocycles. The van der Waals surface area contributed by atoms with E-state index >= 15 is 0 Å². The quantitative estimate of drug-likeness (QED) is 0.656. The van der Waals surface area contributed by atoms with Gasteiger partial charge in [0.1, 0.15) is 5.56 Å². The summed E-state index contributed by atoms with van der Waals surface area (Å²) in [5.74, 6) is 1.87. The number of aromatic nitrogens is 5. The number of amides is 1. The number of hydrogen-bond acceptors (Lipinski definition) is 6. The van der Waals surface area contributed by atoms with Gasteiger partial charge in [0.05, 0.1) is 12.4 Å². The van der Waals surface area contributed by atoms with Crippen molar-refractivity contribution in [1.29, 1.82) is 0 Å². The van der Waals surface area contributed by atoms with Crippen LogP contribution in [-0.2, 0) is 17.9 Å². The van der Waals surface area contributed by atoms with E-state index in [4.69, 9.17) is 4.74 Å². The number of thioether (sulfide) groups is 1. The Morgan fingerprint density at radius 3 is 2.62 bits per heavy atom. The predicted octanol–water partition coefficient (Wildman–Crippen LogP) is 2.29. The van der Waals surface area contributed by atoms with Crippen molar-refractivity contribution in [2.45, 2.75) is 51.9 Å². The lowest BCUT2D eigenvalue weighted by molar-refractivity contribution is -0.127. The highest BCUT2D eigenvalue weighted by Crippen LogP contribution is 2.30. The maximum Gasteiger partial charge on any atom is 0.243 e. The number of rotatable bonds is 8. The van der Waals surface area contributed by atoms with Crippen LogP contribution in [0.5, 0.6) is 5.88 Å². The van der Waals surface area contributed by atoms with Crippen molar-refractivity contribution >= 4 is 17.7 Å². The van der Waals surface area contributed by atoms with Gasteiger partial charge in [-0.25, -0.2) is 0 Å². The van der Waals surface area contributed by atoms with Gasteiger partial charge in [-0.1, -0.05) is 11.8 Å². The van der Waals surface area contributed by atoms with E-state index in [9.17, 15) is 4.79 Å². The van der Waals surface area contributed by atoms with Gasteiger partial charge in [0.15, 0.2) is 11.0 Å². The Labute approximate surface area is 157 Å². The lowest BCUT2D eigenvalue weighted by atomic mass is 10.3. The first-order valence-electron chi connectivity index (χ1n) is 9.22. The van der Waals surface area contributed by atoms with Crippen LogP contribution in [0, 0.1) is 0 Å². The van der Waals surface area contributed by atoms with Gasteiger partial charge in [-0.05, 0) is 33.6 Å². The van der Waals surface area contributed by atoms with E-state index in [0.29, 0.717) is 24.8 Å². The molecule has 0 aliphatic carbocycles. The molecule has 0 unspecified atom stereocenters. The van der Waals surface area contributed by atoms with Gasteiger partial charge in [-0.2, -0.15) is 0 Å². The molecule has 0 bridgehead atoms. The van der Waals surface area contributed by atoms with Gasteiger partial charge < -0.3 is 14.2 Å². The first-order valence-corrected chi connectivity index (χ1v) is 10.2. The maximum atomic E-state index is 12.3. The Balaban J connectivity index is 1.79. The number of carbonyl (C=O) groups excluding carboxylic acids is 1. The van der Waals surface area contributed by atoms with Crippen molar-refractivity contribution in [1.82, 2.24) is 29.4 Å². The minimum atomic E-state index is 0.175. The molecular formula is C17H26N6O2S. The Hall–Kier alpha value is -2.03. The third kappa shape index (κ3) is 3.87. The Bertz CT molecular complexity index is 751. The number of carbonyl (C=O) groups is 1. The highest BCUT2D eigenvalue weighted by molar-refractivity contribution is 7.99. The summed E-state index contributed by atoms with van der Waals surface area (Å²) >= 11 is 1.44. The van der Waals surface area contributed by atoms with Crippen molar-refractivity contribution < 1.29 is 9.53 Å². The highest BCUT2D eigenvalue weighted by Gasteiger charge is 2.22. The Morgan fingerprint density at radius 2 is 1.96 bits per heavy atom. The van der Waals surface area contributed by atoms with Crippen LogP contribution in [0.25, 0.3) is 11.4 Å². The molecule has 0 aromatic carbocycles. The van der Waals surface area contributed by atoms with Gasteiger partial charge in [-0.3, -0.25) is 9.48 Å². The molecule has 0 spiro atoms. The number of likely N-dealkylation sites (tertiary alicyclic amines) is 1. The molecule has 142 valence electrons. The van der Waals surface area contributed by atoms with E-state index < -0.39 is 0 Å². The van der Waals surface area contributed by atoms with Crippen LogP contribution in [0.3, 0.4) is 0 Å². The van der Waals surface area contributed by atoms with E-state index in [-0.39, 0.29) is 5.91 Å². The lowest BCUT2D eigenvalue weighted by Gasteiger charge is -2.14. The molecule has 9 heteroatoms. The minimum absolute atomic E-state index is 0.175. The zero-order chi connectivity index (χ0) is 18.5. The molecule has 0 saturated carbocycles. The zero-order valence-electron chi connectivity index (χ0n) is 15.6. The molecule has 1 amide bonds. The van der Waals surface area contributed by atoms with Crippen LogP contribution < -0.4 is 4.74 Å². The van der Waals surface area contributed by atoms with Crippen LogP contribution in [0.1, 0.15) is 33.6 Å². The van der Waals surface area contributed by atoms with Crippen LogP contribution >= 0.6 is 11.8 Å². The number of ether oxygens (including phenoxy) is 1. The van der Waals surface area contributed by atoms with Gasteiger partial charge in [-0.15, -0.1) is 15.3 Å². The summed E-state index contributed by atoms with van der Waals surface area (Å²) in [6.45, 7) is 9.77. The fourth-order valence-electron chi connectivity index (χ4n) is 3.03. The fourth-order valence-corrected chi connectivity index (χ4v) is 3.93. The summed E-state index contributed by atoms with van der Waals surface area (Å²) in [6, 6.07) is 0. The summed E-state index contributed by atoms with van der Waals surface area (Å²) < 4.78 is 9.52. The van der Waals surface area contributed by atoms with Crippen LogP contribution in [-0.4, -0.2) is 60.8 Å². The Kier molecular flexibility index (Phi) is 6.18. The summed E-state index contributed by atoms with van der Waals surface area (Å²) in [6.07, 6.45) is 4.14. The van der Waals surface area contributed by atoms with Gasteiger partial charge >= 0.3 is 0 Å². The van der Waals surface area contributed by atoms with Crippen molar-refractivity contribution in [3.8, 4) is 17.3 Å². The van der Waals surface area contributed by atoms with Crippen molar-refractivity contribution in [3.05, 3.63) is 6.20 Å². The summed E-state index contributed by atoms with van der Waals surface area (Å²) in [5, 5.41) is 13.9. The van der Waals surface area contributed by atoms with E-state index in [1.807, 2.05) is 41.1 Å². The van der Waals surface area contributed by atoms with E-state index in [0.717, 1.165) is 49.0 Å². The van der Waals surface area contributed by atoms with Crippen LogP contribution in [0.4, 0.5) is 0 Å². The molecular weight excluding hydrogens is 352 g/mol. The van der Waals surface area contributed by atoms with Gasteiger partial charge in [0.25, 0.3) is 0 Å². The molecule has 26 heavy (non-hydrogen) atoms.